The van der Waals surface area contributed by atoms with E-state index in [2.05, 4.69) is 16.2 Å². The minimum absolute atomic E-state index is 0.00149. The van der Waals surface area contributed by atoms with E-state index in [-0.39, 0.29) is 24.1 Å². The molecular weight excluding hydrogens is 228 g/mol. The van der Waals surface area contributed by atoms with Crippen molar-refractivity contribution in [3.63, 3.8) is 0 Å². The van der Waals surface area contributed by atoms with Crippen molar-refractivity contribution in [3.05, 3.63) is 16.1 Å². The summed E-state index contributed by atoms with van der Waals surface area (Å²) in [6, 6.07) is -0.334. The summed E-state index contributed by atoms with van der Waals surface area (Å²) >= 11 is 1.19. The number of nitrogens with one attached hydrogen (secondary N) is 1. The fraction of sp³-hybridized carbons (Fsp3) is 0.300. The van der Waals surface area contributed by atoms with Gasteiger partial charge in [-0.2, -0.15) is 0 Å². The molecule has 1 atom stereocenters. The molecular formula is C10H10N2O3S. The van der Waals surface area contributed by atoms with Crippen LogP contribution in [0.2, 0.25) is 0 Å². The summed E-state index contributed by atoms with van der Waals surface area (Å²) in [6.45, 7) is 1.72. The summed E-state index contributed by atoms with van der Waals surface area (Å²) in [5, 5.41) is 13.3. The van der Waals surface area contributed by atoms with E-state index in [4.69, 9.17) is 11.5 Å². The van der Waals surface area contributed by atoms with Crippen molar-refractivity contribution in [1.29, 1.82) is 0 Å². The molecule has 1 heterocycles. The third kappa shape index (κ3) is 3.07. The lowest BCUT2D eigenvalue weighted by Gasteiger charge is -2.09. The summed E-state index contributed by atoms with van der Waals surface area (Å²) in [6.07, 6.45) is 4.99. The molecule has 0 aliphatic heterocycles. The molecule has 84 valence electrons. The maximum absolute atomic E-state index is 11.2. The molecule has 1 rings (SSSR count). The second-order valence-electron chi connectivity index (χ2n) is 3.05. The zero-order chi connectivity index (χ0) is 12.1. The van der Waals surface area contributed by atoms with Crippen LogP contribution in [0.25, 0.3) is 0 Å². The van der Waals surface area contributed by atoms with Crippen LogP contribution in [0, 0.1) is 12.3 Å². The number of rotatable bonds is 4. The molecule has 16 heavy (non-hydrogen) atoms. The molecule has 1 aromatic heterocycles. The molecule has 6 heteroatoms. The van der Waals surface area contributed by atoms with Gasteiger partial charge in [0.2, 0.25) is 5.91 Å². The number of carbonyl (C=O) groups is 2. The zero-order valence-corrected chi connectivity index (χ0v) is 9.37. The van der Waals surface area contributed by atoms with Crippen molar-refractivity contribution in [2.24, 2.45) is 0 Å². The van der Waals surface area contributed by atoms with Crippen molar-refractivity contribution in [2.75, 3.05) is 0 Å². The van der Waals surface area contributed by atoms with Crippen LogP contribution in [-0.2, 0) is 4.79 Å². The van der Waals surface area contributed by atoms with E-state index in [1.807, 2.05) is 0 Å². The molecule has 1 amide bonds. The van der Waals surface area contributed by atoms with Gasteiger partial charge < -0.3 is 10.4 Å². The molecule has 1 unspecified atom stereocenters. The number of hydrogen-bond donors (Lipinski definition) is 2. The quantitative estimate of drug-likeness (QED) is 0.768. The van der Waals surface area contributed by atoms with Crippen LogP contribution in [0.5, 0.6) is 0 Å². The predicted molar refractivity (Wildman–Crippen MR) is 59.1 cm³/mol. The fourth-order valence-electron chi connectivity index (χ4n) is 1.03. The smallest absolute Gasteiger partial charge is 0.355 e. The normalized spacial score (nSPS) is 11.5. The Balaban J connectivity index is 2.66. The van der Waals surface area contributed by atoms with E-state index in [1.165, 1.54) is 16.7 Å². The largest absolute Gasteiger partial charge is 0.476 e. The van der Waals surface area contributed by atoms with Gasteiger partial charge in [0.25, 0.3) is 0 Å². The van der Waals surface area contributed by atoms with Gasteiger partial charge in [-0.25, -0.2) is 9.78 Å². The summed E-state index contributed by atoms with van der Waals surface area (Å²) in [5.74, 6) is 0.870. The van der Waals surface area contributed by atoms with Crippen LogP contribution in [-0.4, -0.2) is 22.0 Å². The first kappa shape index (κ1) is 12.2. The first-order valence-electron chi connectivity index (χ1n) is 4.46. The molecule has 0 aliphatic rings. The number of carboxylic acids is 1. The molecule has 0 radical (unpaired) electrons. The van der Waals surface area contributed by atoms with Gasteiger partial charge in [0.05, 0.1) is 12.5 Å². The highest BCUT2D eigenvalue weighted by molar-refractivity contribution is 7.09. The van der Waals surface area contributed by atoms with Gasteiger partial charge in [-0.05, 0) is 6.92 Å². The summed E-state index contributed by atoms with van der Waals surface area (Å²) < 4.78 is 0. The zero-order valence-electron chi connectivity index (χ0n) is 8.56. The van der Waals surface area contributed by atoms with E-state index in [0.717, 1.165) is 0 Å². The standard InChI is InChI=1S/C10H10N2O3S/c1-3-4-8(13)11-6(2)9-12-7(5-16-9)10(14)15/h1,5-6H,4H2,2H3,(H,11,13)(H,14,15). The molecule has 0 aliphatic carbocycles. The first-order chi connectivity index (χ1) is 7.54. The third-order valence-electron chi connectivity index (χ3n) is 1.75. The Labute approximate surface area is 96.5 Å². The Kier molecular flexibility index (Phi) is 4.03. The second-order valence-corrected chi connectivity index (χ2v) is 3.94. The third-order valence-corrected chi connectivity index (χ3v) is 2.78. The van der Waals surface area contributed by atoms with Crippen LogP contribution in [0.1, 0.15) is 34.9 Å². The average molecular weight is 238 g/mol. The van der Waals surface area contributed by atoms with Crippen LogP contribution in [0.15, 0.2) is 5.38 Å². The molecule has 0 saturated heterocycles. The Morgan fingerprint density at radius 3 is 2.94 bits per heavy atom. The maximum Gasteiger partial charge on any atom is 0.355 e. The van der Waals surface area contributed by atoms with Gasteiger partial charge >= 0.3 is 5.97 Å². The van der Waals surface area contributed by atoms with Gasteiger partial charge in [-0.15, -0.1) is 17.8 Å². The van der Waals surface area contributed by atoms with E-state index >= 15 is 0 Å². The minimum atomic E-state index is -1.08. The number of carboxylic acid groups (broad SMARTS) is 1. The highest BCUT2D eigenvalue weighted by Gasteiger charge is 2.15. The number of aromatic nitrogens is 1. The first-order valence-corrected chi connectivity index (χ1v) is 5.34. The lowest BCUT2D eigenvalue weighted by Crippen LogP contribution is -2.25. The van der Waals surface area contributed by atoms with Gasteiger partial charge in [0.1, 0.15) is 5.01 Å². The number of carbonyl (C=O) groups excluding carboxylic acids is 1. The number of amides is 1. The molecule has 0 saturated carbocycles. The van der Waals surface area contributed by atoms with E-state index < -0.39 is 5.97 Å². The number of terminal acetylenes is 1. The summed E-state index contributed by atoms with van der Waals surface area (Å²) in [7, 11) is 0. The Hall–Kier alpha value is -1.87. The summed E-state index contributed by atoms with van der Waals surface area (Å²) in [5.41, 5.74) is -0.0157. The molecule has 0 fully saturated rings. The van der Waals surface area contributed by atoms with Crippen molar-refractivity contribution < 1.29 is 14.7 Å². The lowest BCUT2D eigenvalue weighted by molar-refractivity contribution is -0.120. The number of thiazole rings is 1. The van der Waals surface area contributed by atoms with Gasteiger partial charge in [0.15, 0.2) is 5.69 Å². The minimum Gasteiger partial charge on any atom is -0.476 e. The Bertz CT molecular complexity index is 447. The van der Waals surface area contributed by atoms with Crippen LogP contribution >= 0.6 is 11.3 Å². The van der Waals surface area contributed by atoms with Crippen molar-refractivity contribution in [1.82, 2.24) is 10.3 Å². The monoisotopic (exact) mass is 238 g/mol. The fourth-order valence-corrected chi connectivity index (χ4v) is 1.83. The molecule has 5 nitrogen and oxygen atoms in total. The number of aromatic carboxylic acids is 1. The molecule has 0 spiro atoms. The topological polar surface area (TPSA) is 79.3 Å². The van der Waals surface area contributed by atoms with Crippen molar-refractivity contribution in [3.8, 4) is 12.3 Å². The summed E-state index contributed by atoms with van der Waals surface area (Å²) in [4.78, 5) is 25.6. The van der Waals surface area contributed by atoms with E-state index in [9.17, 15) is 9.59 Å². The second kappa shape index (κ2) is 5.28. The average Bonchev–Trinajstić information content (AvgIpc) is 2.66. The van der Waals surface area contributed by atoms with Crippen molar-refractivity contribution >= 4 is 23.2 Å². The Morgan fingerprint density at radius 2 is 2.44 bits per heavy atom. The molecule has 2 N–H and O–H groups in total. The van der Waals surface area contributed by atoms with Crippen LogP contribution in [0.4, 0.5) is 0 Å². The van der Waals surface area contributed by atoms with Crippen LogP contribution < -0.4 is 5.32 Å². The highest BCUT2D eigenvalue weighted by atomic mass is 32.1. The van der Waals surface area contributed by atoms with Gasteiger partial charge in [-0.3, -0.25) is 4.79 Å². The molecule has 0 aromatic carbocycles. The van der Waals surface area contributed by atoms with Crippen molar-refractivity contribution in [2.45, 2.75) is 19.4 Å². The van der Waals surface area contributed by atoms with Gasteiger partial charge in [-0.1, -0.05) is 5.92 Å². The Morgan fingerprint density at radius 1 is 1.75 bits per heavy atom. The van der Waals surface area contributed by atoms with Gasteiger partial charge in [0, 0.05) is 5.38 Å². The molecule has 1 aromatic rings. The lowest BCUT2D eigenvalue weighted by atomic mass is 10.3. The molecule has 0 bridgehead atoms. The SMILES string of the molecule is C#CCC(=O)NC(C)c1nc(C(=O)O)cs1. The maximum atomic E-state index is 11.2. The van der Waals surface area contributed by atoms with E-state index in [1.54, 1.807) is 6.92 Å². The number of nitrogens with zero attached hydrogens (tertiary/aromatic N) is 1. The highest BCUT2D eigenvalue weighted by Crippen LogP contribution is 2.17. The van der Waals surface area contributed by atoms with Crippen LogP contribution in [0.3, 0.4) is 0 Å². The van der Waals surface area contributed by atoms with E-state index in [0.29, 0.717) is 5.01 Å². The number of hydrogen-bond acceptors (Lipinski definition) is 4. The predicted octanol–water partition coefficient (Wildman–Crippen LogP) is 1.04.